The van der Waals surface area contributed by atoms with Gasteiger partial charge in [-0.05, 0) is 12.8 Å². The number of carbonyl (C=O) groups is 2. The molecule has 1 aliphatic heterocycles. The predicted octanol–water partition coefficient (Wildman–Crippen LogP) is 1.75. The molecule has 0 aromatic heterocycles. The van der Waals surface area contributed by atoms with Crippen molar-refractivity contribution in [2.45, 2.75) is 39.5 Å². The Morgan fingerprint density at radius 2 is 2.12 bits per heavy atom. The summed E-state index contributed by atoms with van der Waals surface area (Å²) in [5.74, 6) is -1.57. The number of likely N-dealkylation sites (tertiary alicyclic amines) is 1. The fourth-order valence-electron chi connectivity index (χ4n) is 2.30. The van der Waals surface area contributed by atoms with Crippen LogP contribution in [0.2, 0.25) is 0 Å². The van der Waals surface area contributed by atoms with E-state index in [0.29, 0.717) is 19.5 Å². The minimum atomic E-state index is -0.828. The number of hydrogen-bond donors (Lipinski definition) is 1. The first-order valence-electron chi connectivity index (χ1n) is 6.13. The molecule has 0 spiro atoms. The Bertz CT molecular complexity index is 265. The highest BCUT2D eigenvalue weighted by Gasteiger charge is 2.43. The van der Waals surface area contributed by atoms with Crippen molar-refractivity contribution in [1.82, 2.24) is 4.90 Å². The zero-order valence-corrected chi connectivity index (χ0v) is 10.1. The lowest BCUT2D eigenvalue weighted by Crippen LogP contribution is -2.28. The van der Waals surface area contributed by atoms with Gasteiger partial charge in [-0.1, -0.05) is 26.7 Å². The normalized spacial score (nSPS) is 25.1. The average molecular weight is 227 g/mol. The summed E-state index contributed by atoms with van der Waals surface area (Å²) in [5.41, 5.74) is 0. The van der Waals surface area contributed by atoms with Crippen molar-refractivity contribution in [2.24, 2.45) is 11.8 Å². The first kappa shape index (κ1) is 13.0. The molecule has 92 valence electrons. The number of carboxylic acid groups (broad SMARTS) is 1. The van der Waals surface area contributed by atoms with E-state index < -0.39 is 11.9 Å². The summed E-state index contributed by atoms with van der Waals surface area (Å²) in [5, 5.41) is 9.09. The quantitative estimate of drug-likeness (QED) is 0.752. The number of carbonyl (C=O) groups excluding carboxylic acids is 1. The summed E-state index contributed by atoms with van der Waals surface area (Å²) < 4.78 is 0. The topological polar surface area (TPSA) is 57.6 Å². The standard InChI is InChI=1S/C12H21NO3/c1-3-5-7-13-8-10(12(15)16)9(6-4-2)11(13)14/h9-10H,3-8H2,1-2H3,(H,15,16). The smallest absolute Gasteiger partial charge is 0.309 e. The molecule has 1 amide bonds. The van der Waals surface area contributed by atoms with Crippen LogP contribution in [0.4, 0.5) is 0 Å². The maximum absolute atomic E-state index is 12.0. The van der Waals surface area contributed by atoms with Crippen LogP contribution >= 0.6 is 0 Å². The largest absolute Gasteiger partial charge is 0.481 e. The molecule has 1 rings (SSSR count). The molecule has 0 aromatic carbocycles. The second-order valence-corrected chi connectivity index (χ2v) is 4.48. The highest BCUT2D eigenvalue weighted by molar-refractivity contribution is 5.88. The summed E-state index contributed by atoms with van der Waals surface area (Å²) in [6.07, 6.45) is 3.54. The van der Waals surface area contributed by atoms with Gasteiger partial charge in [-0.15, -0.1) is 0 Å². The Labute approximate surface area is 96.6 Å². The van der Waals surface area contributed by atoms with Crippen molar-refractivity contribution in [3.8, 4) is 0 Å². The molecule has 1 saturated heterocycles. The van der Waals surface area contributed by atoms with Gasteiger partial charge in [-0.2, -0.15) is 0 Å². The average Bonchev–Trinajstić information content (AvgIpc) is 2.55. The molecule has 1 N–H and O–H groups in total. The summed E-state index contributed by atoms with van der Waals surface area (Å²) in [4.78, 5) is 24.8. The lowest BCUT2D eigenvalue weighted by atomic mass is 9.91. The second kappa shape index (κ2) is 5.87. The molecular formula is C12H21NO3. The van der Waals surface area contributed by atoms with Crippen LogP contribution in [0.5, 0.6) is 0 Å². The van der Waals surface area contributed by atoms with E-state index in [9.17, 15) is 9.59 Å². The van der Waals surface area contributed by atoms with Crippen molar-refractivity contribution >= 4 is 11.9 Å². The van der Waals surface area contributed by atoms with Crippen LogP contribution < -0.4 is 0 Å². The number of rotatable bonds is 6. The third-order valence-electron chi connectivity index (χ3n) is 3.23. The van der Waals surface area contributed by atoms with Crippen molar-refractivity contribution < 1.29 is 14.7 Å². The van der Waals surface area contributed by atoms with E-state index in [2.05, 4.69) is 6.92 Å². The van der Waals surface area contributed by atoms with Gasteiger partial charge in [0.05, 0.1) is 11.8 Å². The minimum absolute atomic E-state index is 0.0442. The first-order valence-corrected chi connectivity index (χ1v) is 6.13. The predicted molar refractivity (Wildman–Crippen MR) is 61.0 cm³/mol. The molecule has 4 nitrogen and oxygen atoms in total. The van der Waals surface area contributed by atoms with Crippen molar-refractivity contribution in [3.05, 3.63) is 0 Å². The molecule has 2 atom stereocenters. The molecule has 0 radical (unpaired) electrons. The van der Waals surface area contributed by atoms with Crippen LogP contribution in [0.1, 0.15) is 39.5 Å². The van der Waals surface area contributed by atoms with E-state index in [1.807, 2.05) is 6.92 Å². The van der Waals surface area contributed by atoms with Gasteiger partial charge in [0.1, 0.15) is 0 Å². The number of aliphatic carboxylic acids is 1. The third-order valence-corrected chi connectivity index (χ3v) is 3.23. The second-order valence-electron chi connectivity index (χ2n) is 4.48. The lowest BCUT2D eigenvalue weighted by Gasteiger charge is -2.15. The fraction of sp³-hybridized carbons (Fsp3) is 0.833. The number of amides is 1. The van der Waals surface area contributed by atoms with Gasteiger partial charge in [0.15, 0.2) is 0 Å². The SMILES string of the molecule is CCCCN1CC(C(=O)O)C(CCC)C1=O. The first-order chi connectivity index (χ1) is 7.61. The Morgan fingerprint density at radius 1 is 1.44 bits per heavy atom. The zero-order valence-electron chi connectivity index (χ0n) is 10.1. The van der Waals surface area contributed by atoms with E-state index in [0.717, 1.165) is 19.3 Å². The maximum Gasteiger partial charge on any atom is 0.309 e. The van der Waals surface area contributed by atoms with E-state index in [-0.39, 0.29) is 11.8 Å². The van der Waals surface area contributed by atoms with Gasteiger partial charge in [-0.3, -0.25) is 9.59 Å². The Morgan fingerprint density at radius 3 is 2.62 bits per heavy atom. The summed E-state index contributed by atoms with van der Waals surface area (Å²) >= 11 is 0. The lowest BCUT2D eigenvalue weighted by molar-refractivity contribution is -0.144. The number of hydrogen-bond acceptors (Lipinski definition) is 2. The monoisotopic (exact) mass is 227 g/mol. The van der Waals surface area contributed by atoms with Crippen LogP contribution in [0.3, 0.4) is 0 Å². The number of unbranched alkanes of at least 4 members (excludes halogenated alkanes) is 1. The van der Waals surface area contributed by atoms with Gasteiger partial charge in [0.2, 0.25) is 5.91 Å². The molecule has 0 saturated carbocycles. The minimum Gasteiger partial charge on any atom is -0.481 e. The molecule has 0 aromatic rings. The van der Waals surface area contributed by atoms with Crippen LogP contribution in [-0.4, -0.2) is 35.0 Å². The highest BCUT2D eigenvalue weighted by Crippen LogP contribution is 2.29. The summed E-state index contributed by atoms with van der Waals surface area (Å²) in [7, 11) is 0. The van der Waals surface area contributed by atoms with Gasteiger partial charge >= 0.3 is 5.97 Å². The van der Waals surface area contributed by atoms with Gasteiger partial charge in [-0.25, -0.2) is 0 Å². The number of nitrogens with zero attached hydrogens (tertiary/aromatic N) is 1. The number of carboxylic acids is 1. The van der Waals surface area contributed by atoms with E-state index in [4.69, 9.17) is 5.11 Å². The summed E-state index contributed by atoms with van der Waals surface area (Å²) in [6.45, 7) is 5.16. The van der Waals surface area contributed by atoms with Gasteiger partial charge in [0, 0.05) is 13.1 Å². The zero-order chi connectivity index (χ0) is 12.1. The molecular weight excluding hydrogens is 206 g/mol. The Balaban J connectivity index is 2.66. The van der Waals surface area contributed by atoms with Crippen LogP contribution in [-0.2, 0) is 9.59 Å². The van der Waals surface area contributed by atoms with E-state index >= 15 is 0 Å². The molecule has 1 fully saturated rings. The molecule has 16 heavy (non-hydrogen) atoms. The molecule has 4 heteroatoms. The molecule has 0 bridgehead atoms. The molecule has 1 aliphatic rings. The van der Waals surface area contributed by atoms with Gasteiger partial charge < -0.3 is 10.0 Å². The summed E-state index contributed by atoms with van der Waals surface area (Å²) in [6, 6.07) is 0. The van der Waals surface area contributed by atoms with Crippen LogP contribution in [0.25, 0.3) is 0 Å². The molecule has 2 unspecified atom stereocenters. The van der Waals surface area contributed by atoms with Crippen molar-refractivity contribution in [3.63, 3.8) is 0 Å². The highest BCUT2D eigenvalue weighted by atomic mass is 16.4. The third kappa shape index (κ3) is 2.74. The van der Waals surface area contributed by atoms with Crippen molar-refractivity contribution in [1.29, 1.82) is 0 Å². The van der Waals surface area contributed by atoms with E-state index in [1.165, 1.54) is 0 Å². The molecule has 1 heterocycles. The van der Waals surface area contributed by atoms with Gasteiger partial charge in [0.25, 0.3) is 0 Å². The van der Waals surface area contributed by atoms with Crippen LogP contribution in [0, 0.1) is 11.8 Å². The maximum atomic E-state index is 12.0. The Hall–Kier alpha value is -1.06. The Kier molecular flexibility index (Phi) is 4.77. The fourth-order valence-corrected chi connectivity index (χ4v) is 2.30. The van der Waals surface area contributed by atoms with Crippen molar-refractivity contribution in [2.75, 3.05) is 13.1 Å². The van der Waals surface area contributed by atoms with E-state index in [1.54, 1.807) is 4.90 Å². The van der Waals surface area contributed by atoms with Crippen LogP contribution in [0.15, 0.2) is 0 Å². The molecule has 0 aliphatic carbocycles.